The maximum atomic E-state index is 12.0. The summed E-state index contributed by atoms with van der Waals surface area (Å²) in [5.41, 5.74) is 0.205. The van der Waals surface area contributed by atoms with Crippen LogP contribution in [-0.2, 0) is 4.79 Å². The molecule has 0 aromatic rings. The van der Waals surface area contributed by atoms with Crippen molar-refractivity contribution in [3.63, 3.8) is 0 Å². The molecular weight excluding hydrogens is 212 g/mol. The molecule has 1 amide bonds. The van der Waals surface area contributed by atoms with Gasteiger partial charge < -0.3 is 10.6 Å². The van der Waals surface area contributed by atoms with Crippen LogP contribution in [0.5, 0.6) is 0 Å². The number of amides is 1. The molecule has 0 radical (unpaired) electrons. The lowest BCUT2D eigenvalue weighted by Gasteiger charge is -2.32. The predicted octanol–water partition coefficient (Wildman–Crippen LogP) is 2.17. The number of piperidine rings is 1. The minimum atomic E-state index is 0.205. The van der Waals surface area contributed by atoms with Crippen molar-refractivity contribution in [2.45, 2.75) is 53.5 Å². The smallest absolute Gasteiger partial charge is 0.220 e. The SMILES string of the molecule is CC1CNCCC1NC(=O)CC(C)C(C)(C)C. The highest BCUT2D eigenvalue weighted by atomic mass is 16.1. The maximum absolute atomic E-state index is 12.0. The van der Waals surface area contributed by atoms with Gasteiger partial charge in [-0.05, 0) is 36.8 Å². The fraction of sp³-hybridized carbons (Fsp3) is 0.929. The molecule has 1 rings (SSSR count). The Bertz CT molecular complexity index is 257. The van der Waals surface area contributed by atoms with Gasteiger partial charge >= 0.3 is 0 Å². The van der Waals surface area contributed by atoms with Crippen LogP contribution < -0.4 is 10.6 Å². The van der Waals surface area contributed by atoms with Gasteiger partial charge in [0.25, 0.3) is 0 Å². The van der Waals surface area contributed by atoms with Crippen molar-refractivity contribution in [1.82, 2.24) is 10.6 Å². The molecule has 0 aromatic heterocycles. The summed E-state index contributed by atoms with van der Waals surface area (Å²) in [6.45, 7) is 13.0. The largest absolute Gasteiger partial charge is 0.353 e. The topological polar surface area (TPSA) is 41.1 Å². The summed E-state index contributed by atoms with van der Waals surface area (Å²) < 4.78 is 0. The average Bonchev–Trinajstić information content (AvgIpc) is 2.20. The quantitative estimate of drug-likeness (QED) is 0.794. The second-order valence-electron chi connectivity index (χ2n) is 6.62. The van der Waals surface area contributed by atoms with E-state index in [-0.39, 0.29) is 11.3 Å². The number of nitrogens with one attached hydrogen (secondary N) is 2. The lowest BCUT2D eigenvalue weighted by molar-refractivity contribution is -0.123. The van der Waals surface area contributed by atoms with Crippen LogP contribution in [0, 0.1) is 17.3 Å². The zero-order valence-electron chi connectivity index (χ0n) is 12.0. The van der Waals surface area contributed by atoms with Crippen LogP contribution in [0.15, 0.2) is 0 Å². The van der Waals surface area contributed by atoms with Gasteiger partial charge in [0.05, 0.1) is 0 Å². The van der Waals surface area contributed by atoms with Crippen LogP contribution in [-0.4, -0.2) is 25.0 Å². The first-order valence-corrected chi connectivity index (χ1v) is 6.80. The Morgan fingerprint density at radius 2 is 2.12 bits per heavy atom. The highest BCUT2D eigenvalue weighted by Gasteiger charge is 2.26. The lowest BCUT2D eigenvalue weighted by Crippen LogP contribution is -2.48. The van der Waals surface area contributed by atoms with Crippen LogP contribution >= 0.6 is 0 Å². The molecule has 0 aliphatic carbocycles. The molecule has 1 heterocycles. The molecule has 3 heteroatoms. The molecule has 0 bridgehead atoms. The summed E-state index contributed by atoms with van der Waals surface area (Å²) in [7, 11) is 0. The highest BCUT2D eigenvalue weighted by Crippen LogP contribution is 2.28. The summed E-state index contributed by atoms with van der Waals surface area (Å²) in [4.78, 5) is 12.0. The first-order chi connectivity index (χ1) is 7.80. The molecule has 3 nitrogen and oxygen atoms in total. The summed E-state index contributed by atoms with van der Waals surface area (Å²) in [5.74, 6) is 1.17. The average molecular weight is 240 g/mol. The molecule has 2 N–H and O–H groups in total. The second kappa shape index (κ2) is 5.85. The standard InChI is InChI=1S/C14H28N2O/c1-10-9-15-7-6-12(10)16-13(17)8-11(2)14(3,4)5/h10-12,15H,6-9H2,1-5H3,(H,16,17). The number of carbonyl (C=O) groups is 1. The van der Waals surface area contributed by atoms with Crippen molar-refractivity contribution >= 4 is 5.91 Å². The van der Waals surface area contributed by atoms with E-state index in [1.807, 2.05) is 0 Å². The maximum Gasteiger partial charge on any atom is 0.220 e. The predicted molar refractivity (Wildman–Crippen MR) is 71.8 cm³/mol. The first-order valence-electron chi connectivity index (χ1n) is 6.80. The summed E-state index contributed by atoms with van der Waals surface area (Å²) in [6.07, 6.45) is 1.69. The fourth-order valence-electron chi connectivity index (χ4n) is 2.08. The molecule has 3 atom stereocenters. The van der Waals surface area contributed by atoms with E-state index in [2.05, 4.69) is 45.3 Å². The van der Waals surface area contributed by atoms with E-state index in [0.29, 0.717) is 24.3 Å². The van der Waals surface area contributed by atoms with Crippen LogP contribution in [0.25, 0.3) is 0 Å². The zero-order chi connectivity index (χ0) is 13.1. The number of hydrogen-bond acceptors (Lipinski definition) is 2. The van der Waals surface area contributed by atoms with Gasteiger partial charge in [-0.3, -0.25) is 4.79 Å². The van der Waals surface area contributed by atoms with E-state index in [1.165, 1.54) is 0 Å². The molecule has 1 aliphatic rings. The number of rotatable bonds is 3. The normalized spacial score (nSPS) is 27.6. The zero-order valence-corrected chi connectivity index (χ0v) is 12.0. The van der Waals surface area contributed by atoms with Crippen LogP contribution in [0.2, 0.25) is 0 Å². The second-order valence-corrected chi connectivity index (χ2v) is 6.62. The molecule has 3 unspecified atom stereocenters. The summed E-state index contributed by atoms with van der Waals surface area (Å²) in [6, 6.07) is 0.357. The Morgan fingerprint density at radius 1 is 1.47 bits per heavy atom. The first kappa shape index (κ1) is 14.5. The molecule has 100 valence electrons. The van der Waals surface area contributed by atoms with Gasteiger partial charge in [-0.1, -0.05) is 34.6 Å². The molecule has 1 fully saturated rings. The van der Waals surface area contributed by atoms with Gasteiger partial charge in [0, 0.05) is 12.5 Å². The Kier molecular flexibility index (Phi) is 4.99. The van der Waals surface area contributed by atoms with Crippen molar-refractivity contribution in [2.75, 3.05) is 13.1 Å². The van der Waals surface area contributed by atoms with Crippen LogP contribution in [0.1, 0.15) is 47.5 Å². The third-order valence-corrected chi connectivity index (χ3v) is 4.10. The molecule has 1 aliphatic heterocycles. The molecule has 0 aromatic carbocycles. The van der Waals surface area contributed by atoms with E-state index in [0.717, 1.165) is 19.5 Å². The van der Waals surface area contributed by atoms with Crippen molar-refractivity contribution in [3.05, 3.63) is 0 Å². The van der Waals surface area contributed by atoms with E-state index in [9.17, 15) is 4.79 Å². The van der Waals surface area contributed by atoms with Crippen molar-refractivity contribution in [2.24, 2.45) is 17.3 Å². The summed E-state index contributed by atoms with van der Waals surface area (Å²) >= 11 is 0. The van der Waals surface area contributed by atoms with Gasteiger partial charge in [-0.15, -0.1) is 0 Å². The third-order valence-electron chi connectivity index (χ3n) is 4.10. The minimum absolute atomic E-state index is 0.205. The van der Waals surface area contributed by atoms with E-state index >= 15 is 0 Å². The highest BCUT2D eigenvalue weighted by molar-refractivity contribution is 5.76. The minimum Gasteiger partial charge on any atom is -0.353 e. The van der Waals surface area contributed by atoms with Gasteiger partial charge in [-0.25, -0.2) is 0 Å². The van der Waals surface area contributed by atoms with Crippen molar-refractivity contribution < 1.29 is 4.79 Å². The third kappa shape index (κ3) is 4.66. The fourth-order valence-corrected chi connectivity index (χ4v) is 2.08. The van der Waals surface area contributed by atoms with Crippen LogP contribution in [0.4, 0.5) is 0 Å². The Hall–Kier alpha value is -0.570. The van der Waals surface area contributed by atoms with Gasteiger partial charge in [0.1, 0.15) is 0 Å². The monoisotopic (exact) mass is 240 g/mol. The summed E-state index contributed by atoms with van der Waals surface area (Å²) in [5, 5.41) is 6.54. The molecule has 0 spiro atoms. The van der Waals surface area contributed by atoms with Gasteiger partial charge in [-0.2, -0.15) is 0 Å². The molecule has 1 saturated heterocycles. The number of hydrogen-bond donors (Lipinski definition) is 2. The Morgan fingerprint density at radius 3 is 2.65 bits per heavy atom. The van der Waals surface area contributed by atoms with Crippen molar-refractivity contribution in [3.8, 4) is 0 Å². The molecular formula is C14H28N2O. The van der Waals surface area contributed by atoms with E-state index < -0.39 is 0 Å². The molecule has 0 saturated carbocycles. The number of carbonyl (C=O) groups excluding carboxylic acids is 1. The Labute approximate surface area is 106 Å². The van der Waals surface area contributed by atoms with Crippen LogP contribution in [0.3, 0.4) is 0 Å². The van der Waals surface area contributed by atoms with E-state index in [1.54, 1.807) is 0 Å². The Balaban J connectivity index is 2.38. The van der Waals surface area contributed by atoms with Gasteiger partial charge in [0.15, 0.2) is 0 Å². The molecule has 17 heavy (non-hydrogen) atoms. The van der Waals surface area contributed by atoms with Crippen molar-refractivity contribution in [1.29, 1.82) is 0 Å². The van der Waals surface area contributed by atoms with Gasteiger partial charge in [0.2, 0.25) is 5.91 Å². The van der Waals surface area contributed by atoms with E-state index in [4.69, 9.17) is 0 Å². The lowest BCUT2D eigenvalue weighted by atomic mass is 9.80.